The number of aromatic amines is 1. The van der Waals surface area contributed by atoms with Crippen molar-refractivity contribution >= 4 is 16.9 Å². The van der Waals surface area contributed by atoms with Gasteiger partial charge in [0.1, 0.15) is 5.69 Å². The lowest BCUT2D eigenvalue weighted by Crippen LogP contribution is -2.10. The third kappa shape index (κ3) is 2.03. The lowest BCUT2D eigenvalue weighted by atomic mass is 10.1. The zero-order valence-electron chi connectivity index (χ0n) is 10.2. The van der Waals surface area contributed by atoms with Crippen molar-refractivity contribution in [2.45, 2.75) is 0 Å². The molecule has 0 saturated heterocycles. The second-order valence-corrected chi connectivity index (χ2v) is 4.17. The van der Waals surface area contributed by atoms with E-state index in [4.69, 9.17) is 5.11 Å². The second kappa shape index (κ2) is 4.58. The maximum atomic E-state index is 12.0. The smallest absolute Gasteiger partial charge is 0.335 e. The van der Waals surface area contributed by atoms with Gasteiger partial charge < -0.3 is 10.1 Å². The Labute approximate surface area is 112 Å². The summed E-state index contributed by atoms with van der Waals surface area (Å²) in [5.41, 5.74) is 0.608. The number of hydrogen-bond donors (Lipinski definition) is 2. The number of carboxylic acids is 1. The van der Waals surface area contributed by atoms with E-state index >= 15 is 0 Å². The maximum Gasteiger partial charge on any atom is 0.335 e. The van der Waals surface area contributed by atoms with Crippen LogP contribution in [0.5, 0.6) is 0 Å². The summed E-state index contributed by atoms with van der Waals surface area (Å²) < 4.78 is 0. The minimum atomic E-state index is -1.06. The number of fused-ring (bicyclic) bond motifs is 1. The van der Waals surface area contributed by atoms with Gasteiger partial charge in [-0.05, 0) is 30.3 Å². The molecule has 6 heteroatoms. The van der Waals surface area contributed by atoms with Gasteiger partial charge in [0, 0.05) is 6.20 Å². The molecular weight excluding hydrogens is 258 g/mol. The fourth-order valence-corrected chi connectivity index (χ4v) is 1.90. The molecule has 20 heavy (non-hydrogen) atoms. The van der Waals surface area contributed by atoms with Crippen molar-refractivity contribution in [2.75, 3.05) is 0 Å². The monoisotopic (exact) mass is 267 g/mol. The van der Waals surface area contributed by atoms with Gasteiger partial charge in [0.25, 0.3) is 5.56 Å². The normalized spacial score (nSPS) is 10.6. The summed E-state index contributed by atoms with van der Waals surface area (Å²) in [5, 5.41) is 9.32. The van der Waals surface area contributed by atoms with Crippen molar-refractivity contribution in [1.82, 2.24) is 15.0 Å². The molecule has 0 aliphatic carbocycles. The van der Waals surface area contributed by atoms with Gasteiger partial charge >= 0.3 is 5.97 Å². The SMILES string of the molecule is O=C(O)c1ccc2c(=O)[nH]c(-c3ccccn3)nc2c1. The molecule has 2 N–H and O–H groups in total. The molecule has 0 atom stereocenters. The summed E-state index contributed by atoms with van der Waals surface area (Å²) in [5.74, 6) is -0.751. The highest BCUT2D eigenvalue weighted by Gasteiger charge is 2.09. The molecule has 0 aliphatic heterocycles. The van der Waals surface area contributed by atoms with Crippen LogP contribution >= 0.6 is 0 Å². The molecular formula is C14H9N3O3. The van der Waals surface area contributed by atoms with E-state index in [0.29, 0.717) is 22.4 Å². The van der Waals surface area contributed by atoms with Crippen LogP contribution in [-0.4, -0.2) is 26.0 Å². The fourth-order valence-electron chi connectivity index (χ4n) is 1.90. The van der Waals surface area contributed by atoms with E-state index in [2.05, 4.69) is 15.0 Å². The van der Waals surface area contributed by atoms with Crippen LogP contribution in [0.15, 0.2) is 47.4 Å². The number of carboxylic acid groups (broad SMARTS) is 1. The zero-order chi connectivity index (χ0) is 14.1. The van der Waals surface area contributed by atoms with E-state index < -0.39 is 5.97 Å². The number of nitrogens with zero attached hydrogens (tertiary/aromatic N) is 2. The van der Waals surface area contributed by atoms with Crippen molar-refractivity contribution in [3.63, 3.8) is 0 Å². The molecule has 0 saturated carbocycles. The Kier molecular flexibility index (Phi) is 2.76. The summed E-state index contributed by atoms with van der Waals surface area (Å²) in [6, 6.07) is 9.45. The van der Waals surface area contributed by atoms with Crippen molar-refractivity contribution in [2.24, 2.45) is 0 Å². The molecule has 0 unspecified atom stereocenters. The fraction of sp³-hybridized carbons (Fsp3) is 0. The number of nitrogens with one attached hydrogen (secondary N) is 1. The predicted molar refractivity (Wildman–Crippen MR) is 72.6 cm³/mol. The molecule has 2 heterocycles. The number of rotatable bonds is 2. The molecule has 6 nitrogen and oxygen atoms in total. The first-order valence-corrected chi connectivity index (χ1v) is 5.84. The van der Waals surface area contributed by atoms with Gasteiger partial charge in [0.05, 0.1) is 16.5 Å². The van der Waals surface area contributed by atoms with Crippen molar-refractivity contribution in [3.8, 4) is 11.5 Å². The van der Waals surface area contributed by atoms with Gasteiger partial charge in [-0.15, -0.1) is 0 Å². The van der Waals surface area contributed by atoms with E-state index in [1.54, 1.807) is 24.4 Å². The van der Waals surface area contributed by atoms with Crippen LogP contribution in [-0.2, 0) is 0 Å². The predicted octanol–water partition coefficient (Wildman–Crippen LogP) is 1.68. The molecule has 1 aromatic carbocycles. The summed E-state index contributed by atoms with van der Waals surface area (Å²) in [4.78, 5) is 34.0. The molecule has 0 spiro atoms. The number of aromatic carboxylic acids is 1. The highest BCUT2D eigenvalue weighted by atomic mass is 16.4. The Hall–Kier alpha value is -3.02. The van der Waals surface area contributed by atoms with Gasteiger partial charge in [0.15, 0.2) is 5.82 Å². The minimum Gasteiger partial charge on any atom is -0.478 e. The zero-order valence-corrected chi connectivity index (χ0v) is 10.2. The highest BCUT2D eigenvalue weighted by Crippen LogP contribution is 2.15. The average molecular weight is 267 g/mol. The molecule has 3 rings (SSSR count). The highest BCUT2D eigenvalue weighted by molar-refractivity contribution is 5.93. The standard InChI is InChI=1S/C14H9N3O3/c18-13-9-5-4-8(14(19)20)7-11(9)16-12(17-13)10-3-1-2-6-15-10/h1-7H,(H,19,20)(H,16,17,18). The van der Waals surface area contributed by atoms with E-state index in [-0.39, 0.29) is 11.1 Å². The maximum absolute atomic E-state index is 12.0. The Morgan fingerprint density at radius 3 is 2.75 bits per heavy atom. The lowest BCUT2D eigenvalue weighted by Gasteiger charge is -2.03. The van der Waals surface area contributed by atoms with Gasteiger partial charge in [-0.1, -0.05) is 6.07 Å². The van der Waals surface area contributed by atoms with Crippen LogP contribution in [0, 0.1) is 0 Å². The first-order chi connectivity index (χ1) is 9.65. The Balaban J connectivity index is 2.27. The topological polar surface area (TPSA) is 95.9 Å². The van der Waals surface area contributed by atoms with Gasteiger partial charge in [0.2, 0.25) is 0 Å². The van der Waals surface area contributed by atoms with E-state index in [1.165, 1.54) is 18.2 Å². The Morgan fingerprint density at radius 2 is 2.05 bits per heavy atom. The van der Waals surface area contributed by atoms with Crippen LogP contribution in [0.1, 0.15) is 10.4 Å². The lowest BCUT2D eigenvalue weighted by molar-refractivity contribution is 0.0697. The molecule has 0 aliphatic rings. The largest absolute Gasteiger partial charge is 0.478 e. The van der Waals surface area contributed by atoms with Crippen molar-refractivity contribution < 1.29 is 9.90 Å². The Morgan fingerprint density at radius 1 is 1.20 bits per heavy atom. The summed E-state index contributed by atoms with van der Waals surface area (Å²) >= 11 is 0. The first-order valence-electron chi connectivity index (χ1n) is 5.84. The van der Waals surface area contributed by atoms with Crippen LogP contribution in [0.2, 0.25) is 0 Å². The average Bonchev–Trinajstić information content (AvgIpc) is 2.47. The number of benzene rings is 1. The molecule has 2 aromatic heterocycles. The summed E-state index contributed by atoms with van der Waals surface area (Å²) in [7, 11) is 0. The van der Waals surface area contributed by atoms with Crippen LogP contribution in [0.25, 0.3) is 22.4 Å². The molecule has 98 valence electrons. The van der Waals surface area contributed by atoms with Crippen molar-refractivity contribution in [1.29, 1.82) is 0 Å². The molecule has 0 radical (unpaired) electrons. The summed E-state index contributed by atoms with van der Waals surface area (Å²) in [6.07, 6.45) is 1.59. The van der Waals surface area contributed by atoms with E-state index in [1.807, 2.05) is 0 Å². The summed E-state index contributed by atoms with van der Waals surface area (Å²) in [6.45, 7) is 0. The van der Waals surface area contributed by atoms with Gasteiger partial charge in [-0.2, -0.15) is 0 Å². The third-order valence-electron chi connectivity index (χ3n) is 2.86. The van der Waals surface area contributed by atoms with Crippen LogP contribution < -0.4 is 5.56 Å². The number of H-pyrrole nitrogens is 1. The van der Waals surface area contributed by atoms with E-state index in [0.717, 1.165) is 0 Å². The Bertz CT molecular complexity index is 856. The van der Waals surface area contributed by atoms with E-state index in [9.17, 15) is 9.59 Å². The third-order valence-corrected chi connectivity index (χ3v) is 2.86. The minimum absolute atomic E-state index is 0.0857. The van der Waals surface area contributed by atoms with Crippen LogP contribution in [0.4, 0.5) is 0 Å². The van der Waals surface area contributed by atoms with Crippen molar-refractivity contribution in [3.05, 3.63) is 58.5 Å². The van der Waals surface area contributed by atoms with Crippen LogP contribution in [0.3, 0.4) is 0 Å². The van der Waals surface area contributed by atoms with Gasteiger partial charge in [-0.25, -0.2) is 9.78 Å². The molecule has 3 aromatic rings. The molecule has 0 bridgehead atoms. The number of aromatic nitrogens is 3. The number of pyridine rings is 1. The quantitative estimate of drug-likeness (QED) is 0.736. The number of carbonyl (C=O) groups is 1. The molecule has 0 amide bonds. The second-order valence-electron chi connectivity index (χ2n) is 4.17. The molecule has 0 fully saturated rings. The first kappa shape index (κ1) is 12.0. The number of hydrogen-bond acceptors (Lipinski definition) is 4. The van der Waals surface area contributed by atoms with Gasteiger partial charge in [-0.3, -0.25) is 9.78 Å².